The lowest BCUT2D eigenvalue weighted by Gasteiger charge is -2.05. The van der Waals surface area contributed by atoms with Gasteiger partial charge in [-0.1, -0.05) is 6.92 Å². The molecule has 0 aliphatic carbocycles. The number of aromatic nitrogens is 2. The first kappa shape index (κ1) is 15.0. The summed E-state index contributed by atoms with van der Waals surface area (Å²) in [5.41, 5.74) is 0.594. The molecule has 0 amide bonds. The highest BCUT2D eigenvalue weighted by Crippen LogP contribution is 2.11. The predicted octanol–water partition coefficient (Wildman–Crippen LogP) is -0.590. The average molecular weight is 293 g/mol. The summed E-state index contributed by atoms with van der Waals surface area (Å²) in [4.78, 5) is 7.88. The van der Waals surface area contributed by atoms with Crippen molar-refractivity contribution in [2.45, 2.75) is 25.3 Å². The average Bonchev–Trinajstić information content (AvgIpc) is 2.25. The van der Waals surface area contributed by atoms with Gasteiger partial charge in [-0.2, -0.15) is 0 Å². The molecule has 0 atom stereocenters. The van der Waals surface area contributed by atoms with E-state index in [1.165, 1.54) is 6.07 Å². The zero-order valence-electron chi connectivity index (χ0n) is 10.1. The Morgan fingerprint density at radius 1 is 1.17 bits per heavy atom. The molecule has 0 bridgehead atoms. The van der Waals surface area contributed by atoms with Crippen LogP contribution in [0.25, 0.3) is 0 Å². The maximum atomic E-state index is 11.9. The lowest BCUT2D eigenvalue weighted by molar-refractivity contribution is 0.585. The van der Waals surface area contributed by atoms with Crippen LogP contribution in [0.1, 0.15) is 18.4 Å². The van der Waals surface area contributed by atoms with E-state index in [-0.39, 0.29) is 5.03 Å². The molecule has 0 radical (unpaired) electrons. The Kier molecular flexibility index (Phi) is 4.41. The van der Waals surface area contributed by atoms with E-state index in [9.17, 15) is 16.8 Å². The second-order valence-electron chi connectivity index (χ2n) is 3.78. The lowest BCUT2D eigenvalue weighted by atomic mass is 10.3. The molecule has 0 aromatic carbocycles. The van der Waals surface area contributed by atoms with Crippen LogP contribution in [-0.4, -0.2) is 38.3 Å². The summed E-state index contributed by atoms with van der Waals surface area (Å²) >= 11 is 0. The van der Waals surface area contributed by atoms with E-state index < -0.39 is 31.4 Å². The highest BCUT2D eigenvalue weighted by molar-refractivity contribution is 7.94. The molecule has 1 heterocycles. The molecule has 7 nitrogen and oxygen atoms in total. The van der Waals surface area contributed by atoms with Gasteiger partial charge in [-0.05, 0) is 19.4 Å². The molecule has 1 aromatic heterocycles. The maximum absolute atomic E-state index is 11.9. The maximum Gasteiger partial charge on any atom is 0.210 e. The van der Waals surface area contributed by atoms with Crippen LogP contribution in [0.2, 0.25) is 0 Å². The van der Waals surface area contributed by atoms with Gasteiger partial charge in [-0.15, -0.1) is 0 Å². The molecule has 0 fully saturated rings. The zero-order chi connectivity index (χ0) is 14.0. The molecule has 9 heteroatoms. The fourth-order valence-corrected chi connectivity index (χ4v) is 3.87. The Labute approximate surface area is 106 Å². The number of aryl methyl sites for hydroxylation is 2. The van der Waals surface area contributed by atoms with Crippen LogP contribution in [0.3, 0.4) is 0 Å². The highest BCUT2D eigenvalue weighted by Gasteiger charge is 2.20. The minimum atomic E-state index is -3.81. The molecule has 0 saturated carbocycles. The number of hydrogen-bond donors (Lipinski definition) is 1. The van der Waals surface area contributed by atoms with E-state index in [4.69, 9.17) is 5.14 Å². The Morgan fingerprint density at radius 3 is 2.28 bits per heavy atom. The van der Waals surface area contributed by atoms with Crippen molar-refractivity contribution in [3.8, 4) is 0 Å². The molecule has 1 rings (SSSR count). The van der Waals surface area contributed by atoms with Crippen molar-refractivity contribution in [1.29, 1.82) is 0 Å². The number of sulfone groups is 1. The van der Waals surface area contributed by atoms with Crippen LogP contribution >= 0.6 is 0 Å². The van der Waals surface area contributed by atoms with Gasteiger partial charge in [0, 0.05) is 5.69 Å². The molecule has 0 saturated heterocycles. The van der Waals surface area contributed by atoms with Gasteiger partial charge in [0.1, 0.15) is 5.82 Å². The number of nitrogens with two attached hydrogens (primary N) is 1. The fourth-order valence-electron chi connectivity index (χ4n) is 1.27. The minimum absolute atomic E-state index is 0.157. The van der Waals surface area contributed by atoms with E-state index in [0.29, 0.717) is 17.9 Å². The Morgan fingerprint density at radius 2 is 1.78 bits per heavy atom. The van der Waals surface area contributed by atoms with Gasteiger partial charge in [-0.3, -0.25) is 0 Å². The van der Waals surface area contributed by atoms with Crippen LogP contribution in [0, 0.1) is 6.92 Å². The lowest BCUT2D eigenvalue weighted by Crippen LogP contribution is -2.24. The molecule has 2 N–H and O–H groups in total. The van der Waals surface area contributed by atoms with E-state index in [1.807, 2.05) is 6.92 Å². The summed E-state index contributed by atoms with van der Waals surface area (Å²) in [7, 11) is -7.57. The number of rotatable bonds is 5. The molecule has 0 unspecified atom stereocenters. The van der Waals surface area contributed by atoms with Crippen LogP contribution in [0.4, 0.5) is 0 Å². The van der Waals surface area contributed by atoms with Crippen LogP contribution < -0.4 is 5.14 Å². The Bertz CT molecular complexity index is 638. The monoisotopic (exact) mass is 293 g/mol. The molecule has 0 aliphatic rings. The van der Waals surface area contributed by atoms with Crippen molar-refractivity contribution in [2.75, 3.05) is 11.5 Å². The summed E-state index contributed by atoms with van der Waals surface area (Å²) in [5, 5.41) is 4.62. The quantitative estimate of drug-likeness (QED) is 0.724. The third kappa shape index (κ3) is 4.31. The predicted molar refractivity (Wildman–Crippen MR) is 66.2 cm³/mol. The van der Waals surface area contributed by atoms with Crippen molar-refractivity contribution in [2.24, 2.45) is 5.14 Å². The van der Waals surface area contributed by atoms with E-state index in [1.54, 1.807) is 6.92 Å². The molecular formula is C9H15N3O4S2. The van der Waals surface area contributed by atoms with E-state index in [0.717, 1.165) is 0 Å². The van der Waals surface area contributed by atoms with Crippen LogP contribution in [0.5, 0.6) is 0 Å². The third-order valence-electron chi connectivity index (χ3n) is 2.18. The van der Waals surface area contributed by atoms with Crippen LogP contribution in [-0.2, 0) is 26.3 Å². The van der Waals surface area contributed by atoms with Crippen molar-refractivity contribution in [1.82, 2.24) is 9.97 Å². The topological polar surface area (TPSA) is 120 Å². The fraction of sp³-hybridized carbons (Fsp3) is 0.556. The van der Waals surface area contributed by atoms with E-state index in [2.05, 4.69) is 9.97 Å². The smallest absolute Gasteiger partial charge is 0.210 e. The largest absolute Gasteiger partial charge is 0.238 e. The SMILES string of the molecule is CCc1cc(S(=O)(=O)CCS(N)(=O)=O)nc(C)n1. The van der Waals surface area contributed by atoms with Gasteiger partial charge >= 0.3 is 0 Å². The Hall–Kier alpha value is -1.06. The summed E-state index contributed by atoms with van der Waals surface area (Å²) in [6.07, 6.45) is 0.571. The molecule has 1 aromatic rings. The first-order valence-electron chi connectivity index (χ1n) is 5.22. The minimum Gasteiger partial charge on any atom is -0.238 e. The first-order valence-corrected chi connectivity index (χ1v) is 8.58. The first-order chi connectivity index (χ1) is 8.14. The van der Waals surface area contributed by atoms with Gasteiger partial charge in [0.25, 0.3) is 0 Å². The third-order valence-corrected chi connectivity index (χ3v) is 4.80. The molecule has 102 valence electrons. The van der Waals surface area contributed by atoms with Crippen molar-refractivity contribution < 1.29 is 16.8 Å². The molecule has 18 heavy (non-hydrogen) atoms. The summed E-state index contributed by atoms with van der Waals surface area (Å²) in [6, 6.07) is 1.35. The summed E-state index contributed by atoms with van der Waals surface area (Å²) in [6.45, 7) is 3.42. The summed E-state index contributed by atoms with van der Waals surface area (Å²) < 4.78 is 45.3. The number of primary sulfonamides is 1. The van der Waals surface area contributed by atoms with Gasteiger partial charge in [-0.25, -0.2) is 31.9 Å². The van der Waals surface area contributed by atoms with Crippen molar-refractivity contribution in [3.63, 3.8) is 0 Å². The van der Waals surface area contributed by atoms with E-state index >= 15 is 0 Å². The summed E-state index contributed by atoms with van der Waals surface area (Å²) in [5.74, 6) is -0.866. The number of nitrogens with zero attached hydrogens (tertiary/aromatic N) is 2. The van der Waals surface area contributed by atoms with Gasteiger partial charge in [0.15, 0.2) is 14.9 Å². The standard InChI is InChI=1S/C9H15N3O4S2/c1-3-8-6-9(12-7(2)11-8)17(13,14)4-5-18(10,15)16/h6H,3-5H2,1-2H3,(H2,10,15,16). The van der Waals surface area contributed by atoms with Crippen molar-refractivity contribution in [3.05, 3.63) is 17.6 Å². The number of sulfonamides is 1. The normalized spacial score (nSPS) is 12.6. The molecular weight excluding hydrogens is 278 g/mol. The van der Waals surface area contributed by atoms with Crippen LogP contribution in [0.15, 0.2) is 11.1 Å². The molecule has 0 spiro atoms. The molecule has 0 aliphatic heterocycles. The van der Waals surface area contributed by atoms with Crippen molar-refractivity contribution >= 4 is 19.9 Å². The van der Waals surface area contributed by atoms with Gasteiger partial charge < -0.3 is 0 Å². The zero-order valence-corrected chi connectivity index (χ0v) is 11.8. The highest BCUT2D eigenvalue weighted by atomic mass is 32.2. The second kappa shape index (κ2) is 5.29. The second-order valence-corrected chi connectivity index (χ2v) is 7.57. The van der Waals surface area contributed by atoms with Gasteiger partial charge in [0.2, 0.25) is 10.0 Å². The number of hydrogen-bond acceptors (Lipinski definition) is 6. The Balaban J connectivity index is 3.09. The van der Waals surface area contributed by atoms with Gasteiger partial charge in [0.05, 0.1) is 11.5 Å².